The van der Waals surface area contributed by atoms with Gasteiger partial charge in [-0.15, -0.1) is 0 Å². The second kappa shape index (κ2) is 8.97. The lowest BCUT2D eigenvalue weighted by Gasteiger charge is -2.44. The Balaban J connectivity index is 1.41. The lowest BCUT2D eigenvalue weighted by molar-refractivity contribution is 0.118. The molecule has 2 fully saturated rings. The predicted octanol–water partition coefficient (Wildman–Crippen LogP) is 5.14. The van der Waals surface area contributed by atoms with Crippen molar-refractivity contribution in [3.05, 3.63) is 48.0 Å². The molecule has 2 N–H and O–H groups in total. The van der Waals surface area contributed by atoms with Gasteiger partial charge in [-0.1, -0.05) is 49.7 Å². The monoisotopic (exact) mass is 462 g/mol. The number of nitrogens with zero attached hydrogens (tertiary/aromatic N) is 3. The van der Waals surface area contributed by atoms with Gasteiger partial charge in [-0.05, 0) is 56.4 Å². The SMILES string of the molecule is CCC(N1c2ccccc2Sc2ccc(C3=NC4CCCCC4N3)cc21)N1CCCC1CO. The molecule has 2 aromatic carbocycles. The van der Waals surface area contributed by atoms with Gasteiger partial charge in [-0.3, -0.25) is 9.89 Å². The molecule has 174 valence electrons. The number of hydrogen-bond donors (Lipinski definition) is 2. The molecule has 6 heteroatoms. The third-order valence-corrected chi connectivity index (χ3v) is 8.99. The topological polar surface area (TPSA) is 51.1 Å². The summed E-state index contributed by atoms with van der Waals surface area (Å²) in [4.78, 5) is 12.8. The number of likely N-dealkylation sites (tertiary alicyclic amines) is 1. The fourth-order valence-corrected chi connectivity index (χ4v) is 7.29. The molecule has 2 aromatic rings. The van der Waals surface area contributed by atoms with Gasteiger partial charge in [0.2, 0.25) is 0 Å². The Bertz CT molecular complexity index is 1060. The molecule has 0 bridgehead atoms. The molecular formula is C27H34N4OS. The average molecular weight is 463 g/mol. The van der Waals surface area contributed by atoms with Crippen LogP contribution in [0, 0.1) is 0 Å². The number of fused-ring (bicyclic) bond motifs is 3. The van der Waals surface area contributed by atoms with E-state index in [9.17, 15) is 5.11 Å². The molecule has 6 rings (SSSR count). The summed E-state index contributed by atoms with van der Waals surface area (Å²) >= 11 is 1.86. The van der Waals surface area contributed by atoms with E-state index in [1.54, 1.807) is 0 Å². The summed E-state index contributed by atoms with van der Waals surface area (Å²) in [6.07, 6.45) is 8.50. The van der Waals surface area contributed by atoms with Crippen LogP contribution in [-0.4, -0.2) is 53.3 Å². The summed E-state index contributed by atoms with van der Waals surface area (Å²) in [7, 11) is 0. The van der Waals surface area contributed by atoms with Crippen molar-refractivity contribution in [1.82, 2.24) is 10.2 Å². The maximum Gasteiger partial charge on any atom is 0.128 e. The van der Waals surface area contributed by atoms with Gasteiger partial charge in [-0.2, -0.15) is 0 Å². The first-order valence-electron chi connectivity index (χ1n) is 12.7. The third kappa shape index (κ3) is 3.76. The first-order chi connectivity index (χ1) is 16.3. The average Bonchev–Trinajstić information content (AvgIpc) is 3.51. The Labute approximate surface area is 201 Å². The second-order valence-corrected chi connectivity index (χ2v) is 10.9. The number of aliphatic imine (C=N–C) groups is 1. The molecule has 0 spiro atoms. The molecule has 4 aliphatic rings. The minimum absolute atomic E-state index is 0.224. The number of nitrogens with one attached hydrogen (secondary N) is 1. The van der Waals surface area contributed by atoms with Crippen LogP contribution in [0.1, 0.15) is 57.4 Å². The molecule has 0 aromatic heterocycles. The molecular weight excluding hydrogens is 428 g/mol. The zero-order valence-corrected chi connectivity index (χ0v) is 20.2. The number of benzene rings is 2. The molecule has 1 saturated heterocycles. The summed E-state index contributed by atoms with van der Waals surface area (Å²) in [6.45, 7) is 3.55. The van der Waals surface area contributed by atoms with E-state index in [0.29, 0.717) is 12.1 Å². The van der Waals surface area contributed by atoms with E-state index in [2.05, 4.69) is 64.5 Å². The number of para-hydroxylation sites is 1. The van der Waals surface area contributed by atoms with Crippen molar-refractivity contribution in [2.75, 3.05) is 18.1 Å². The van der Waals surface area contributed by atoms with Crippen LogP contribution in [0.2, 0.25) is 0 Å². The van der Waals surface area contributed by atoms with Crippen molar-refractivity contribution in [2.45, 2.75) is 86.0 Å². The van der Waals surface area contributed by atoms with Crippen LogP contribution in [-0.2, 0) is 0 Å². The van der Waals surface area contributed by atoms with E-state index >= 15 is 0 Å². The molecule has 0 radical (unpaired) electrons. The van der Waals surface area contributed by atoms with Crippen LogP contribution in [0.5, 0.6) is 0 Å². The fraction of sp³-hybridized carbons (Fsp3) is 0.519. The Morgan fingerprint density at radius 2 is 1.91 bits per heavy atom. The highest BCUT2D eigenvalue weighted by Gasteiger charge is 2.37. The van der Waals surface area contributed by atoms with Crippen molar-refractivity contribution in [3.63, 3.8) is 0 Å². The smallest absolute Gasteiger partial charge is 0.128 e. The Morgan fingerprint density at radius 3 is 2.76 bits per heavy atom. The van der Waals surface area contributed by atoms with Gasteiger partial charge in [0.05, 0.1) is 30.2 Å². The van der Waals surface area contributed by atoms with E-state index in [-0.39, 0.29) is 18.8 Å². The number of rotatable bonds is 5. The Kier molecular flexibility index (Phi) is 5.85. The highest BCUT2D eigenvalue weighted by molar-refractivity contribution is 7.99. The van der Waals surface area contributed by atoms with Gasteiger partial charge in [0.1, 0.15) is 5.84 Å². The second-order valence-electron chi connectivity index (χ2n) is 9.81. The molecule has 1 aliphatic carbocycles. The number of anilines is 2. The lowest BCUT2D eigenvalue weighted by atomic mass is 9.92. The number of aliphatic hydroxyl groups excluding tert-OH is 1. The zero-order valence-electron chi connectivity index (χ0n) is 19.4. The largest absolute Gasteiger partial charge is 0.395 e. The summed E-state index contributed by atoms with van der Waals surface area (Å²) in [5.74, 6) is 1.07. The van der Waals surface area contributed by atoms with Crippen molar-refractivity contribution in [1.29, 1.82) is 0 Å². The molecule has 4 atom stereocenters. The standard InChI is InChI=1S/C27H34N4OS/c1-2-26(30-15-7-8-19(30)17-32)31-22-11-5-6-12-24(22)33-25-14-13-18(16-23(25)31)27-28-20-9-3-4-10-21(20)29-27/h5-6,11-14,16,19-21,26,32H,2-4,7-10,15,17H2,1H3,(H,28,29). The maximum atomic E-state index is 10.1. The molecule has 4 unspecified atom stereocenters. The molecule has 1 saturated carbocycles. The van der Waals surface area contributed by atoms with Crippen LogP contribution in [0.25, 0.3) is 0 Å². The van der Waals surface area contributed by atoms with Gasteiger partial charge >= 0.3 is 0 Å². The van der Waals surface area contributed by atoms with E-state index in [1.165, 1.54) is 52.4 Å². The van der Waals surface area contributed by atoms with Crippen LogP contribution in [0.4, 0.5) is 11.4 Å². The molecule has 0 amide bonds. The molecule has 3 aliphatic heterocycles. The quantitative estimate of drug-likeness (QED) is 0.644. The van der Waals surface area contributed by atoms with E-state index < -0.39 is 0 Å². The molecule has 5 nitrogen and oxygen atoms in total. The molecule has 33 heavy (non-hydrogen) atoms. The van der Waals surface area contributed by atoms with Crippen molar-refractivity contribution < 1.29 is 5.11 Å². The van der Waals surface area contributed by atoms with Crippen molar-refractivity contribution in [2.24, 2.45) is 4.99 Å². The van der Waals surface area contributed by atoms with E-state index in [4.69, 9.17) is 4.99 Å². The highest BCUT2D eigenvalue weighted by Crippen LogP contribution is 2.50. The first kappa shape index (κ1) is 21.5. The Morgan fingerprint density at radius 1 is 1.06 bits per heavy atom. The van der Waals surface area contributed by atoms with Crippen LogP contribution in [0.15, 0.2) is 57.2 Å². The van der Waals surface area contributed by atoms with Gasteiger partial charge in [0.15, 0.2) is 0 Å². The van der Waals surface area contributed by atoms with Crippen LogP contribution >= 0.6 is 11.8 Å². The number of aliphatic hydroxyl groups is 1. The summed E-state index contributed by atoms with van der Waals surface area (Å²) in [6, 6.07) is 16.8. The summed E-state index contributed by atoms with van der Waals surface area (Å²) < 4.78 is 0. The lowest BCUT2D eigenvalue weighted by Crippen LogP contribution is -2.50. The van der Waals surface area contributed by atoms with Gasteiger partial charge in [0.25, 0.3) is 0 Å². The minimum Gasteiger partial charge on any atom is -0.395 e. The Hall–Kier alpha value is -2.02. The number of hydrogen-bond acceptors (Lipinski definition) is 6. The first-order valence-corrected chi connectivity index (χ1v) is 13.5. The van der Waals surface area contributed by atoms with Crippen LogP contribution < -0.4 is 10.2 Å². The normalized spacial score (nSPS) is 27.4. The summed E-state index contributed by atoms with van der Waals surface area (Å²) in [5.41, 5.74) is 3.74. The van der Waals surface area contributed by atoms with Gasteiger partial charge in [0, 0.05) is 34.0 Å². The summed E-state index contributed by atoms with van der Waals surface area (Å²) in [5, 5.41) is 13.8. The highest BCUT2D eigenvalue weighted by atomic mass is 32.2. The van der Waals surface area contributed by atoms with Gasteiger partial charge < -0.3 is 15.3 Å². The van der Waals surface area contributed by atoms with Crippen LogP contribution in [0.3, 0.4) is 0 Å². The van der Waals surface area contributed by atoms with E-state index in [0.717, 1.165) is 31.6 Å². The van der Waals surface area contributed by atoms with Crippen molar-refractivity contribution in [3.8, 4) is 0 Å². The van der Waals surface area contributed by atoms with Crippen molar-refractivity contribution >= 4 is 29.0 Å². The number of amidine groups is 1. The zero-order chi connectivity index (χ0) is 22.4. The predicted molar refractivity (Wildman–Crippen MR) is 136 cm³/mol. The minimum atomic E-state index is 0.224. The van der Waals surface area contributed by atoms with Gasteiger partial charge in [-0.25, -0.2) is 0 Å². The maximum absolute atomic E-state index is 10.1. The van der Waals surface area contributed by atoms with E-state index in [1.807, 2.05) is 11.8 Å². The fourth-order valence-electron chi connectivity index (χ4n) is 6.23. The molecule has 3 heterocycles. The third-order valence-electron chi connectivity index (χ3n) is 7.86.